The first-order chi connectivity index (χ1) is 8.80. The smallest absolute Gasteiger partial charge is 0.246 e. The maximum absolute atomic E-state index is 12.8. The quantitative estimate of drug-likeness (QED) is 0.832. The molecule has 1 fully saturated rings. The van der Waals surface area contributed by atoms with Crippen molar-refractivity contribution in [3.63, 3.8) is 0 Å². The van der Waals surface area contributed by atoms with Gasteiger partial charge in [-0.1, -0.05) is 34.1 Å². The predicted octanol–water partition coefficient (Wildman–Crippen LogP) is 2.33. The van der Waals surface area contributed by atoms with E-state index < -0.39 is 0 Å². The number of hydrogen-bond acceptors (Lipinski definition) is 2. The number of carbonyl (C=O) groups excluding carboxylic acids is 2. The highest BCUT2D eigenvalue weighted by atomic mass is 16.2. The zero-order valence-corrected chi connectivity index (χ0v) is 13.1. The lowest BCUT2D eigenvalue weighted by molar-refractivity contribution is -0.157. The lowest BCUT2D eigenvalue weighted by Crippen LogP contribution is -2.69. The Morgan fingerprint density at radius 1 is 1.26 bits per heavy atom. The Bertz CT molecular complexity index is 352. The molecule has 4 heteroatoms. The van der Waals surface area contributed by atoms with E-state index in [1.807, 2.05) is 39.5 Å². The van der Waals surface area contributed by atoms with Crippen molar-refractivity contribution in [1.29, 1.82) is 0 Å². The van der Waals surface area contributed by atoms with Crippen molar-refractivity contribution in [1.82, 2.24) is 10.2 Å². The maximum atomic E-state index is 12.8. The van der Waals surface area contributed by atoms with Crippen LogP contribution in [-0.4, -0.2) is 34.3 Å². The summed E-state index contributed by atoms with van der Waals surface area (Å²) in [4.78, 5) is 26.8. The van der Waals surface area contributed by atoms with Crippen LogP contribution in [0.1, 0.15) is 60.8 Å². The molecule has 0 bridgehead atoms. The summed E-state index contributed by atoms with van der Waals surface area (Å²) >= 11 is 0. The fourth-order valence-corrected chi connectivity index (χ4v) is 2.61. The Balaban J connectivity index is 3.13. The van der Waals surface area contributed by atoms with Crippen LogP contribution in [0.4, 0.5) is 0 Å². The minimum absolute atomic E-state index is 0.00562. The molecular formula is C15H28N2O2. The largest absolute Gasteiger partial charge is 0.342 e. The second kappa shape index (κ2) is 5.93. The average Bonchev–Trinajstić information content (AvgIpc) is 2.39. The number of hydrogen-bond donors (Lipinski definition) is 1. The van der Waals surface area contributed by atoms with Gasteiger partial charge < -0.3 is 10.2 Å². The first-order valence-corrected chi connectivity index (χ1v) is 7.43. The van der Waals surface area contributed by atoms with Crippen LogP contribution in [0, 0.1) is 5.92 Å². The Hall–Kier alpha value is -1.06. The molecular weight excluding hydrogens is 240 g/mol. The Labute approximate surface area is 116 Å². The van der Waals surface area contributed by atoms with Crippen LogP contribution >= 0.6 is 0 Å². The summed E-state index contributed by atoms with van der Waals surface area (Å²) in [6.07, 6.45) is 2.39. The monoisotopic (exact) mass is 268 g/mol. The van der Waals surface area contributed by atoms with E-state index in [-0.39, 0.29) is 35.4 Å². The summed E-state index contributed by atoms with van der Waals surface area (Å²) in [6, 6.07) is -0.700. The van der Waals surface area contributed by atoms with Gasteiger partial charge in [-0.15, -0.1) is 0 Å². The highest BCUT2D eigenvalue weighted by Crippen LogP contribution is 2.28. The molecule has 0 saturated carbocycles. The predicted molar refractivity (Wildman–Crippen MR) is 76.7 cm³/mol. The number of rotatable bonds is 5. The summed E-state index contributed by atoms with van der Waals surface area (Å²) in [5.74, 6) is 0.242. The van der Waals surface area contributed by atoms with Gasteiger partial charge in [0.25, 0.3) is 0 Å². The third-order valence-electron chi connectivity index (χ3n) is 4.53. The molecule has 0 aliphatic carbocycles. The molecule has 1 saturated heterocycles. The third-order valence-corrected chi connectivity index (χ3v) is 4.53. The van der Waals surface area contributed by atoms with Gasteiger partial charge in [0, 0.05) is 5.54 Å². The number of amides is 2. The summed E-state index contributed by atoms with van der Waals surface area (Å²) in [6.45, 7) is 12.2. The van der Waals surface area contributed by atoms with Gasteiger partial charge in [-0.3, -0.25) is 9.59 Å². The van der Waals surface area contributed by atoms with E-state index in [2.05, 4.69) is 12.2 Å². The Morgan fingerprint density at radius 2 is 1.84 bits per heavy atom. The van der Waals surface area contributed by atoms with Crippen LogP contribution in [-0.2, 0) is 9.59 Å². The van der Waals surface area contributed by atoms with Crippen LogP contribution in [0.3, 0.4) is 0 Å². The van der Waals surface area contributed by atoms with Crippen molar-refractivity contribution in [2.75, 3.05) is 0 Å². The molecule has 1 heterocycles. The molecule has 4 nitrogen and oxygen atoms in total. The molecule has 1 aliphatic rings. The van der Waals surface area contributed by atoms with Crippen molar-refractivity contribution < 1.29 is 9.59 Å². The summed E-state index contributed by atoms with van der Waals surface area (Å²) in [5, 5.41) is 2.91. The molecule has 0 radical (unpaired) electrons. The van der Waals surface area contributed by atoms with Gasteiger partial charge in [0.1, 0.15) is 12.1 Å². The topological polar surface area (TPSA) is 49.4 Å². The van der Waals surface area contributed by atoms with E-state index in [0.717, 1.165) is 12.8 Å². The van der Waals surface area contributed by atoms with Crippen molar-refractivity contribution in [2.24, 2.45) is 5.92 Å². The van der Waals surface area contributed by atoms with Crippen LogP contribution in [0.2, 0.25) is 0 Å². The molecule has 19 heavy (non-hydrogen) atoms. The molecule has 0 spiro atoms. The fraction of sp³-hybridized carbons (Fsp3) is 0.867. The second-order valence-corrected chi connectivity index (χ2v) is 6.17. The van der Waals surface area contributed by atoms with E-state index >= 15 is 0 Å². The number of nitrogens with one attached hydrogen (secondary N) is 1. The van der Waals surface area contributed by atoms with E-state index in [1.54, 1.807) is 0 Å². The minimum Gasteiger partial charge on any atom is -0.342 e. The minimum atomic E-state index is -0.369. The summed E-state index contributed by atoms with van der Waals surface area (Å²) in [5.41, 5.74) is -0.277. The molecule has 110 valence electrons. The van der Waals surface area contributed by atoms with Crippen molar-refractivity contribution in [2.45, 2.75) is 78.4 Å². The fourth-order valence-electron chi connectivity index (χ4n) is 2.61. The lowest BCUT2D eigenvalue weighted by Gasteiger charge is -2.48. The standard InChI is InChI=1S/C15H28N2O2/c1-7-10(4)12-14(19)17(15(5,6)9-3)11(8-2)13(18)16-12/h10-12H,7-9H2,1-6H3,(H,16,18). The highest BCUT2D eigenvalue weighted by Gasteiger charge is 2.46. The van der Waals surface area contributed by atoms with Gasteiger partial charge in [-0.25, -0.2) is 0 Å². The van der Waals surface area contributed by atoms with Crippen LogP contribution in [0.15, 0.2) is 0 Å². The van der Waals surface area contributed by atoms with Gasteiger partial charge >= 0.3 is 0 Å². The molecule has 3 unspecified atom stereocenters. The van der Waals surface area contributed by atoms with Crippen LogP contribution in [0.5, 0.6) is 0 Å². The van der Waals surface area contributed by atoms with Gasteiger partial charge in [0.2, 0.25) is 11.8 Å². The zero-order valence-electron chi connectivity index (χ0n) is 13.1. The van der Waals surface area contributed by atoms with E-state index in [4.69, 9.17) is 0 Å². The average molecular weight is 268 g/mol. The number of piperazine rings is 1. The van der Waals surface area contributed by atoms with Gasteiger partial charge in [0.15, 0.2) is 0 Å². The van der Waals surface area contributed by atoms with E-state index in [9.17, 15) is 9.59 Å². The molecule has 0 aromatic carbocycles. The normalized spacial score (nSPS) is 26.3. The molecule has 1 N–H and O–H groups in total. The Morgan fingerprint density at radius 3 is 2.26 bits per heavy atom. The van der Waals surface area contributed by atoms with Gasteiger partial charge in [-0.05, 0) is 32.6 Å². The molecule has 2 amide bonds. The highest BCUT2D eigenvalue weighted by molar-refractivity contribution is 5.97. The molecule has 0 aromatic heterocycles. The van der Waals surface area contributed by atoms with Crippen molar-refractivity contribution in [3.8, 4) is 0 Å². The first-order valence-electron chi connectivity index (χ1n) is 7.43. The lowest BCUT2D eigenvalue weighted by atomic mass is 9.88. The van der Waals surface area contributed by atoms with Gasteiger partial charge in [-0.2, -0.15) is 0 Å². The van der Waals surface area contributed by atoms with E-state index in [0.29, 0.717) is 6.42 Å². The number of nitrogens with zero attached hydrogens (tertiary/aromatic N) is 1. The zero-order chi connectivity index (χ0) is 14.8. The van der Waals surface area contributed by atoms with Crippen LogP contribution < -0.4 is 5.32 Å². The Kier molecular flexibility index (Phi) is 4.99. The molecule has 3 atom stereocenters. The number of carbonyl (C=O) groups is 2. The van der Waals surface area contributed by atoms with Crippen molar-refractivity contribution in [3.05, 3.63) is 0 Å². The summed E-state index contributed by atoms with van der Waals surface area (Å²) in [7, 11) is 0. The molecule has 0 aromatic rings. The molecule has 1 aliphatic heterocycles. The van der Waals surface area contributed by atoms with Crippen molar-refractivity contribution >= 4 is 11.8 Å². The van der Waals surface area contributed by atoms with Crippen LogP contribution in [0.25, 0.3) is 0 Å². The molecule has 1 rings (SSSR count). The second-order valence-electron chi connectivity index (χ2n) is 6.17. The van der Waals surface area contributed by atoms with Gasteiger partial charge in [0.05, 0.1) is 0 Å². The van der Waals surface area contributed by atoms with E-state index in [1.165, 1.54) is 0 Å². The SMILES string of the molecule is CCC(C)C1NC(=O)C(CC)N(C(C)(C)CC)C1=O. The maximum Gasteiger partial charge on any atom is 0.246 e. The summed E-state index contributed by atoms with van der Waals surface area (Å²) < 4.78 is 0. The first kappa shape index (κ1) is 16.0. The third kappa shape index (κ3) is 2.93.